The zero-order chi connectivity index (χ0) is 17.2. The van der Waals surface area contributed by atoms with Crippen molar-refractivity contribution in [1.82, 2.24) is 19.8 Å². The third-order valence-corrected chi connectivity index (χ3v) is 5.01. The molecule has 2 aliphatic heterocycles. The average molecular weight is 336 g/mol. The summed E-state index contributed by atoms with van der Waals surface area (Å²) in [4.78, 5) is 36.7. The van der Waals surface area contributed by atoms with Gasteiger partial charge in [-0.1, -0.05) is 12.1 Å². The number of carbonyl (C=O) groups excluding carboxylic acids is 2. The Kier molecular flexibility index (Phi) is 4.17. The molecule has 0 N–H and O–H groups in total. The van der Waals surface area contributed by atoms with E-state index in [0.717, 1.165) is 18.7 Å². The number of hydrogen-bond acceptors (Lipinski definition) is 4. The molecule has 4 heterocycles. The van der Waals surface area contributed by atoms with Crippen molar-refractivity contribution in [3.63, 3.8) is 0 Å². The van der Waals surface area contributed by atoms with Crippen molar-refractivity contribution in [2.45, 2.75) is 18.9 Å². The second-order valence-corrected chi connectivity index (χ2v) is 6.76. The Morgan fingerprint density at radius 1 is 1.08 bits per heavy atom. The van der Waals surface area contributed by atoms with E-state index >= 15 is 0 Å². The van der Waals surface area contributed by atoms with Gasteiger partial charge in [-0.25, -0.2) is 0 Å². The summed E-state index contributed by atoms with van der Waals surface area (Å²) in [6.45, 7) is 2.46. The molecule has 2 saturated heterocycles. The molecule has 2 amide bonds. The molecule has 1 unspecified atom stereocenters. The van der Waals surface area contributed by atoms with Gasteiger partial charge in [-0.05, 0) is 23.3 Å². The average Bonchev–Trinajstić information content (AvgIpc) is 2.96. The largest absolute Gasteiger partial charge is 0.341 e. The molecule has 2 aromatic heterocycles. The van der Waals surface area contributed by atoms with E-state index in [4.69, 9.17) is 0 Å². The highest BCUT2D eigenvalue weighted by Gasteiger charge is 2.40. The first-order valence-electron chi connectivity index (χ1n) is 8.56. The van der Waals surface area contributed by atoms with Gasteiger partial charge in [-0.15, -0.1) is 0 Å². The lowest BCUT2D eigenvalue weighted by Gasteiger charge is -2.40. The van der Waals surface area contributed by atoms with E-state index in [-0.39, 0.29) is 17.7 Å². The van der Waals surface area contributed by atoms with Crippen LogP contribution in [0.5, 0.6) is 0 Å². The molecule has 0 aliphatic carbocycles. The van der Waals surface area contributed by atoms with Crippen molar-refractivity contribution in [3.8, 4) is 0 Å². The Morgan fingerprint density at radius 2 is 1.84 bits per heavy atom. The minimum atomic E-state index is -0.223. The lowest BCUT2D eigenvalue weighted by Crippen LogP contribution is -2.51. The van der Waals surface area contributed by atoms with Crippen molar-refractivity contribution in [2.24, 2.45) is 5.92 Å². The molecule has 0 aromatic carbocycles. The van der Waals surface area contributed by atoms with Crippen LogP contribution in [0.15, 0.2) is 49.1 Å². The molecule has 25 heavy (non-hydrogen) atoms. The summed E-state index contributed by atoms with van der Waals surface area (Å²) in [6.07, 6.45) is 7.40. The zero-order valence-electron chi connectivity index (χ0n) is 13.9. The van der Waals surface area contributed by atoms with Gasteiger partial charge in [0.25, 0.3) is 0 Å². The molecule has 0 radical (unpaired) electrons. The SMILES string of the molecule is O=C1CC(C(=O)N2CC(c3cccnc3)C2)CN1Cc1cccnc1. The highest BCUT2D eigenvalue weighted by atomic mass is 16.2. The van der Waals surface area contributed by atoms with Crippen LogP contribution >= 0.6 is 0 Å². The van der Waals surface area contributed by atoms with Gasteiger partial charge in [0.15, 0.2) is 0 Å². The molecule has 0 bridgehead atoms. The van der Waals surface area contributed by atoms with Gasteiger partial charge < -0.3 is 9.80 Å². The highest BCUT2D eigenvalue weighted by molar-refractivity contribution is 5.89. The van der Waals surface area contributed by atoms with Gasteiger partial charge in [0.1, 0.15) is 0 Å². The number of carbonyl (C=O) groups is 2. The summed E-state index contributed by atoms with van der Waals surface area (Å²) in [5.41, 5.74) is 2.16. The van der Waals surface area contributed by atoms with Crippen LogP contribution in [0.4, 0.5) is 0 Å². The number of rotatable bonds is 4. The van der Waals surface area contributed by atoms with Crippen molar-refractivity contribution in [2.75, 3.05) is 19.6 Å². The summed E-state index contributed by atoms with van der Waals surface area (Å²) in [5.74, 6) is 0.286. The fourth-order valence-electron chi connectivity index (χ4n) is 3.55. The van der Waals surface area contributed by atoms with Crippen molar-refractivity contribution < 1.29 is 9.59 Å². The minimum absolute atomic E-state index is 0.0477. The summed E-state index contributed by atoms with van der Waals surface area (Å²) in [5, 5.41) is 0. The van der Waals surface area contributed by atoms with Crippen LogP contribution in [0.2, 0.25) is 0 Å². The van der Waals surface area contributed by atoms with Crippen LogP contribution in [-0.4, -0.2) is 51.2 Å². The Bertz CT molecular complexity index is 760. The van der Waals surface area contributed by atoms with Crippen LogP contribution in [0, 0.1) is 5.92 Å². The molecule has 4 rings (SSSR count). The number of likely N-dealkylation sites (tertiary alicyclic amines) is 2. The molecule has 0 spiro atoms. The fourth-order valence-corrected chi connectivity index (χ4v) is 3.55. The van der Waals surface area contributed by atoms with Crippen LogP contribution in [0.3, 0.4) is 0 Å². The normalized spacial score (nSPS) is 20.6. The molecule has 0 saturated carbocycles. The molecule has 6 nitrogen and oxygen atoms in total. The maximum atomic E-state index is 12.7. The standard InChI is InChI=1S/C19H20N4O2/c24-18-7-16(11-22(18)10-14-3-1-5-20-8-14)19(25)23-12-17(13-23)15-4-2-6-21-9-15/h1-6,8-9,16-17H,7,10-13H2. The molecule has 2 aliphatic rings. The number of pyridine rings is 2. The number of hydrogen-bond donors (Lipinski definition) is 0. The lowest BCUT2D eigenvalue weighted by molar-refractivity contribution is -0.140. The second kappa shape index (κ2) is 6.63. The van der Waals surface area contributed by atoms with E-state index in [1.165, 1.54) is 5.56 Å². The molecular weight excluding hydrogens is 316 g/mol. The number of nitrogens with zero attached hydrogens (tertiary/aromatic N) is 4. The fraction of sp³-hybridized carbons (Fsp3) is 0.368. The predicted molar refractivity (Wildman–Crippen MR) is 91.3 cm³/mol. The number of aromatic nitrogens is 2. The van der Waals surface area contributed by atoms with Crippen molar-refractivity contribution in [1.29, 1.82) is 0 Å². The monoisotopic (exact) mass is 336 g/mol. The predicted octanol–water partition coefficient (Wildman–Crippen LogP) is 1.45. The quantitative estimate of drug-likeness (QED) is 0.848. The summed E-state index contributed by atoms with van der Waals surface area (Å²) in [6, 6.07) is 7.78. The minimum Gasteiger partial charge on any atom is -0.341 e. The molecular formula is C19H20N4O2. The summed E-state index contributed by atoms with van der Waals surface area (Å²) < 4.78 is 0. The van der Waals surface area contributed by atoms with E-state index < -0.39 is 0 Å². The van der Waals surface area contributed by atoms with Gasteiger partial charge in [-0.3, -0.25) is 19.6 Å². The summed E-state index contributed by atoms with van der Waals surface area (Å²) >= 11 is 0. The van der Waals surface area contributed by atoms with E-state index in [2.05, 4.69) is 9.97 Å². The Balaban J connectivity index is 1.33. The van der Waals surface area contributed by atoms with E-state index in [1.54, 1.807) is 23.5 Å². The first-order valence-corrected chi connectivity index (χ1v) is 8.56. The van der Waals surface area contributed by atoms with Crippen molar-refractivity contribution >= 4 is 11.8 Å². The van der Waals surface area contributed by atoms with Crippen LogP contribution < -0.4 is 0 Å². The van der Waals surface area contributed by atoms with E-state index in [0.29, 0.717) is 25.4 Å². The van der Waals surface area contributed by atoms with Crippen molar-refractivity contribution in [3.05, 3.63) is 60.2 Å². The topological polar surface area (TPSA) is 66.4 Å². The zero-order valence-corrected chi connectivity index (χ0v) is 13.9. The van der Waals surface area contributed by atoms with Gasteiger partial charge in [0.05, 0.1) is 5.92 Å². The highest BCUT2D eigenvalue weighted by Crippen LogP contribution is 2.30. The third-order valence-electron chi connectivity index (χ3n) is 5.01. The van der Waals surface area contributed by atoms with Crippen LogP contribution in [-0.2, 0) is 16.1 Å². The van der Waals surface area contributed by atoms with Crippen LogP contribution in [0.25, 0.3) is 0 Å². The number of amides is 2. The molecule has 128 valence electrons. The summed E-state index contributed by atoms with van der Waals surface area (Å²) in [7, 11) is 0. The van der Waals surface area contributed by atoms with E-state index in [9.17, 15) is 9.59 Å². The molecule has 6 heteroatoms. The van der Waals surface area contributed by atoms with Gasteiger partial charge >= 0.3 is 0 Å². The first-order chi connectivity index (χ1) is 12.2. The van der Waals surface area contributed by atoms with Gasteiger partial charge in [0.2, 0.25) is 11.8 Å². The Labute approximate surface area is 146 Å². The second-order valence-electron chi connectivity index (χ2n) is 6.76. The molecule has 2 aromatic rings. The van der Waals surface area contributed by atoms with Gasteiger partial charge in [-0.2, -0.15) is 0 Å². The Hall–Kier alpha value is -2.76. The molecule has 1 atom stereocenters. The smallest absolute Gasteiger partial charge is 0.228 e. The van der Waals surface area contributed by atoms with Gasteiger partial charge in [0, 0.05) is 63.3 Å². The third kappa shape index (κ3) is 3.24. The molecule has 2 fully saturated rings. The lowest BCUT2D eigenvalue weighted by atomic mass is 9.91. The van der Waals surface area contributed by atoms with E-state index in [1.807, 2.05) is 35.4 Å². The maximum absolute atomic E-state index is 12.7. The maximum Gasteiger partial charge on any atom is 0.228 e. The first kappa shape index (κ1) is 15.7. The Morgan fingerprint density at radius 3 is 2.52 bits per heavy atom. The van der Waals surface area contributed by atoms with Crippen LogP contribution in [0.1, 0.15) is 23.5 Å².